The molecule has 1 aliphatic rings. The standard InChI is InChI=1S/C13H27NO/c1-8(2)14-10(4)9(3)12(6)15-13(7)11(14)5/h8-13H,1-7H3. The fourth-order valence-electron chi connectivity index (χ4n) is 2.79. The molecule has 1 rings (SSSR count). The summed E-state index contributed by atoms with van der Waals surface area (Å²) in [5.41, 5.74) is 0. The van der Waals surface area contributed by atoms with E-state index in [4.69, 9.17) is 4.74 Å². The monoisotopic (exact) mass is 213 g/mol. The number of hydrogen-bond donors (Lipinski definition) is 0. The van der Waals surface area contributed by atoms with Crippen molar-refractivity contribution in [3.05, 3.63) is 0 Å². The van der Waals surface area contributed by atoms with Crippen LogP contribution in [0.25, 0.3) is 0 Å². The SMILES string of the molecule is CC1OC(C)C(C)N(C(C)C)C(C)C1C. The molecule has 0 aromatic heterocycles. The van der Waals surface area contributed by atoms with Crippen molar-refractivity contribution in [2.75, 3.05) is 0 Å². The average Bonchev–Trinajstić information content (AvgIpc) is 2.20. The van der Waals surface area contributed by atoms with Crippen LogP contribution in [0.4, 0.5) is 0 Å². The van der Waals surface area contributed by atoms with E-state index in [-0.39, 0.29) is 0 Å². The van der Waals surface area contributed by atoms with Crippen molar-refractivity contribution in [2.45, 2.75) is 78.8 Å². The summed E-state index contributed by atoms with van der Waals surface area (Å²) in [7, 11) is 0. The molecule has 1 saturated heterocycles. The Balaban J connectivity index is 2.92. The highest BCUT2D eigenvalue weighted by Crippen LogP contribution is 2.28. The second-order valence-corrected chi connectivity index (χ2v) is 5.43. The van der Waals surface area contributed by atoms with Crippen molar-refractivity contribution >= 4 is 0 Å². The Morgan fingerprint density at radius 2 is 1.40 bits per heavy atom. The Hall–Kier alpha value is -0.0800. The predicted molar refractivity (Wildman–Crippen MR) is 65.1 cm³/mol. The van der Waals surface area contributed by atoms with Crippen molar-refractivity contribution in [1.29, 1.82) is 0 Å². The smallest absolute Gasteiger partial charge is 0.0703 e. The Labute approximate surface area is 95.0 Å². The first kappa shape index (κ1) is 13.0. The zero-order valence-corrected chi connectivity index (χ0v) is 11.3. The van der Waals surface area contributed by atoms with Gasteiger partial charge in [0.05, 0.1) is 12.2 Å². The summed E-state index contributed by atoms with van der Waals surface area (Å²) >= 11 is 0. The van der Waals surface area contributed by atoms with Crippen molar-refractivity contribution in [2.24, 2.45) is 5.92 Å². The van der Waals surface area contributed by atoms with Crippen LogP contribution in [0.15, 0.2) is 0 Å². The molecule has 2 heteroatoms. The Morgan fingerprint density at radius 3 is 1.87 bits per heavy atom. The molecule has 0 spiro atoms. The quantitative estimate of drug-likeness (QED) is 0.664. The molecule has 0 saturated carbocycles. The van der Waals surface area contributed by atoms with Gasteiger partial charge >= 0.3 is 0 Å². The van der Waals surface area contributed by atoms with E-state index in [1.165, 1.54) is 0 Å². The lowest BCUT2D eigenvalue weighted by Gasteiger charge is -2.39. The van der Waals surface area contributed by atoms with E-state index >= 15 is 0 Å². The first-order valence-electron chi connectivity index (χ1n) is 6.29. The van der Waals surface area contributed by atoms with Gasteiger partial charge in [-0.2, -0.15) is 0 Å². The van der Waals surface area contributed by atoms with E-state index in [0.29, 0.717) is 36.3 Å². The van der Waals surface area contributed by atoms with Gasteiger partial charge in [-0.15, -0.1) is 0 Å². The van der Waals surface area contributed by atoms with Gasteiger partial charge in [-0.25, -0.2) is 0 Å². The van der Waals surface area contributed by atoms with Crippen molar-refractivity contribution in [3.63, 3.8) is 0 Å². The van der Waals surface area contributed by atoms with Crippen LogP contribution in [-0.4, -0.2) is 35.2 Å². The lowest BCUT2D eigenvalue weighted by molar-refractivity contribution is -0.0223. The third-order valence-electron chi connectivity index (χ3n) is 4.15. The molecule has 0 aromatic rings. The van der Waals surface area contributed by atoms with Gasteiger partial charge in [0, 0.05) is 18.1 Å². The molecule has 1 fully saturated rings. The number of hydrogen-bond acceptors (Lipinski definition) is 2. The van der Waals surface area contributed by atoms with Crippen molar-refractivity contribution in [1.82, 2.24) is 4.90 Å². The molecular weight excluding hydrogens is 186 g/mol. The third kappa shape index (κ3) is 2.54. The van der Waals surface area contributed by atoms with Crippen LogP contribution < -0.4 is 0 Å². The molecule has 1 heterocycles. The van der Waals surface area contributed by atoms with Crippen LogP contribution in [-0.2, 0) is 4.74 Å². The Kier molecular flexibility index (Phi) is 4.19. The molecule has 5 unspecified atom stereocenters. The summed E-state index contributed by atoms with van der Waals surface area (Å²) in [5, 5.41) is 0. The summed E-state index contributed by atoms with van der Waals surface area (Å²) in [6.45, 7) is 15.9. The normalized spacial score (nSPS) is 44.4. The Bertz CT molecular complexity index is 205. The topological polar surface area (TPSA) is 12.5 Å². The van der Waals surface area contributed by atoms with Gasteiger partial charge in [0.25, 0.3) is 0 Å². The first-order valence-corrected chi connectivity index (χ1v) is 6.29. The summed E-state index contributed by atoms with van der Waals surface area (Å²) in [6.07, 6.45) is 0.691. The van der Waals surface area contributed by atoms with Gasteiger partial charge in [0.15, 0.2) is 0 Å². The van der Waals surface area contributed by atoms with Gasteiger partial charge in [-0.3, -0.25) is 4.90 Å². The molecule has 15 heavy (non-hydrogen) atoms. The van der Waals surface area contributed by atoms with E-state index in [2.05, 4.69) is 53.4 Å². The molecule has 5 atom stereocenters. The van der Waals surface area contributed by atoms with E-state index < -0.39 is 0 Å². The minimum absolute atomic E-state index is 0.329. The lowest BCUT2D eigenvalue weighted by Crippen LogP contribution is -2.49. The van der Waals surface area contributed by atoms with Crippen LogP contribution in [0.3, 0.4) is 0 Å². The molecule has 0 aromatic carbocycles. The summed E-state index contributed by atoms with van der Waals surface area (Å²) in [6, 6.07) is 1.70. The largest absolute Gasteiger partial charge is 0.374 e. The highest BCUT2D eigenvalue weighted by atomic mass is 16.5. The summed E-state index contributed by atoms with van der Waals surface area (Å²) in [5.74, 6) is 0.597. The van der Waals surface area contributed by atoms with Gasteiger partial charge < -0.3 is 4.74 Å². The average molecular weight is 213 g/mol. The maximum atomic E-state index is 6.04. The molecule has 0 aliphatic carbocycles. The second kappa shape index (κ2) is 4.84. The van der Waals surface area contributed by atoms with Crippen LogP contribution in [0.2, 0.25) is 0 Å². The molecule has 1 aliphatic heterocycles. The lowest BCUT2D eigenvalue weighted by atomic mass is 9.95. The van der Waals surface area contributed by atoms with Crippen LogP contribution in [0, 0.1) is 5.92 Å². The van der Waals surface area contributed by atoms with Crippen LogP contribution >= 0.6 is 0 Å². The van der Waals surface area contributed by atoms with Crippen LogP contribution in [0.1, 0.15) is 48.5 Å². The highest BCUT2D eigenvalue weighted by Gasteiger charge is 2.36. The molecule has 2 nitrogen and oxygen atoms in total. The minimum atomic E-state index is 0.329. The molecule has 0 radical (unpaired) electrons. The maximum absolute atomic E-state index is 6.04. The molecule has 0 amide bonds. The first-order chi connectivity index (χ1) is 6.86. The number of rotatable bonds is 1. The van der Waals surface area contributed by atoms with Crippen LogP contribution in [0.5, 0.6) is 0 Å². The summed E-state index contributed by atoms with van der Waals surface area (Å²) < 4.78 is 6.04. The van der Waals surface area contributed by atoms with Crippen molar-refractivity contribution < 1.29 is 4.74 Å². The second-order valence-electron chi connectivity index (χ2n) is 5.43. The van der Waals surface area contributed by atoms with E-state index in [1.54, 1.807) is 0 Å². The molecule has 0 N–H and O–H groups in total. The maximum Gasteiger partial charge on any atom is 0.0703 e. The predicted octanol–water partition coefficient (Wildman–Crippen LogP) is 2.92. The zero-order chi connectivity index (χ0) is 11.7. The van der Waals surface area contributed by atoms with E-state index in [9.17, 15) is 0 Å². The van der Waals surface area contributed by atoms with E-state index in [0.717, 1.165) is 0 Å². The third-order valence-corrected chi connectivity index (χ3v) is 4.15. The van der Waals surface area contributed by atoms with Gasteiger partial charge in [0.2, 0.25) is 0 Å². The van der Waals surface area contributed by atoms with Gasteiger partial charge in [-0.05, 0) is 47.5 Å². The van der Waals surface area contributed by atoms with Gasteiger partial charge in [-0.1, -0.05) is 6.92 Å². The molecule has 90 valence electrons. The summed E-state index contributed by atoms with van der Waals surface area (Å²) in [4.78, 5) is 2.60. The molecular formula is C13H27NO. The fraction of sp³-hybridized carbons (Fsp3) is 1.00. The molecule has 0 bridgehead atoms. The number of nitrogens with zero attached hydrogens (tertiary/aromatic N) is 1. The Morgan fingerprint density at radius 1 is 0.867 bits per heavy atom. The highest BCUT2D eigenvalue weighted by molar-refractivity contribution is 4.88. The van der Waals surface area contributed by atoms with Gasteiger partial charge in [0.1, 0.15) is 0 Å². The zero-order valence-electron chi connectivity index (χ0n) is 11.3. The fourth-order valence-corrected chi connectivity index (χ4v) is 2.79. The minimum Gasteiger partial charge on any atom is -0.374 e. The van der Waals surface area contributed by atoms with Crippen molar-refractivity contribution in [3.8, 4) is 0 Å². The number of ether oxygens (including phenoxy) is 1. The van der Waals surface area contributed by atoms with E-state index in [1.807, 2.05) is 0 Å².